The second kappa shape index (κ2) is 6.51. The molecule has 19 heavy (non-hydrogen) atoms. The third-order valence-corrected chi connectivity index (χ3v) is 4.40. The van der Waals surface area contributed by atoms with Crippen LogP contribution in [0.2, 0.25) is 0 Å². The standard InChI is InChI=1S/C17H26FN/c1-3-5-14-11-17(12-14,13-19-10-4-2)15-6-8-16(18)9-7-15/h6-9,14,19H,3-5,10-13H2,1-2H3. The molecule has 1 nitrogen and oxygen atoms in total. The maximum absolute atomic E-state index is 13.1. The number of nitrogens with one attached hydrogen (secondary N) is 1. The van der Waals surface area contributed by atoms with Crippen molar-refractivity contribution in [3.05, 3.63) is 35.6 Å². The molecule has 0 aliphatic heterocycles. The first kappa shape index (κ1) is 14.5. The number of hydrogen-bond donors (Lipinski definition) is 1. The molecule has 2 rings (SSSR count). The molecule has 1 aromatic carbocycles. The van der Waals surface area contributed by atoms with Crippen LogP contribution in [0, 0.1) is 11.7 Å². The van der Waals surface area contributed by atoms with Crippen molar-refractivity contribution in [2.24, 2.45) is 5.92 Å². The molecule has 0 amide bonds. The van der Waals surface area contributed by atoms with E-state index < -0.39 is 0 Å². The Bertz CT molecular complexity index is 373. The van der Waals surface area contributed by atoms with Crippen molar-refractivity contribution in [1.29, 1.82) is 0 Å². The van der Waals surface area contributed by atoms with E-state index in [1.165, 1.54) is 31.2 Å². The number of hydrogen-bond acceptors (Lipinski definition) is 1. The zero-order valence-corrected chi connectivity index (χ0v) is 12.2. The van der Waals surface area contributed by atoms with Crippen LogP contribution in [0.1, 0.15) is 51.5 Å². The van der Waals surface area contributed by atoms with Crippen molar-refractivity contribution < 1.29 is 4.39 Å². The first-order chi connectivity index (χ1) is 9.20. The maximum atomic E-state index is 13.1. The molecule has 0 radical (unpaired) electrons. The Hall–Kier alpha value is -0.890. The minimum absolute atomic E-state index is 0.134. The summed E-state index contributed by atoms with van der Waals surface area (Å²) in [5.41, 5.74) is 1.56. The summed E-state index contributed by atoms with van der Waals surface area (Å²) in [6.07, 6.45) is 6.27. The number of rotatable bonds is 7. The van der Waals surface area contributed by atoms with E-state index in [0.29, 0.717) is 0 Å². The summed E-state index contributed by atoms with van der Waals surface area (Å²) in [4.78, 5) is 0. The molecule has 1 fully saturated rings. The van der Waals surface area contributed by atoms with Gasteiger partial charge in [-0.05, 0) is 49.4 Å². The van der Waals surface area contributed by atoms with Crippen LogP contribution >= 0.6 is 0 Å². The Labute approximate surface area is 116 Å². The molecular formula is C17H26FN. The fourth-order valence-electron chi connectivity index (χ4n) is 3.45. The fourth-order valence-corrected chi connectivity index (χ4v) is 3.45. The lowest BCUT2D eigenvalue weighted by Crippen LogP contribution is -2.48. The van der Waals surface area contributed by atoms with Gasteiger partial charge in [0.05, 0.1) is 0 Å². The average Bonchev–Trinajstić information content (AvgIpc) is 2.37. The Morgan fingerprint density at radius 1 is 1.16 bits per heavy atom. The Kier molecular flexibility index (Phi) is 4.98. The molecule has 0 aromatic heterocycles. The molecule has 0 spiro atoms. The van der Waals surface area contributed by atoms with Crippen molar-refractivity contribution in [1.82, 2.24) is 5.32 Å². The quantitative estimate of drug-likeness (QED) is 0.724. The largest absolute Gasteiger partial charge is 0.316 e. The summed E-state index contributed by atoms with van der Waals surface area (Å²) in [7, 11) is 0. The van der Waals surface area contributed by atoms with Gasteiger partial charge in [0, 0.05) is 12.0 Å². The average molecular weight is 263 g/mol. The van der Waals surface area contributed by atoms with Crippen LogP contribution in [0.5, 0.6) is 0 Å². The van der Waals surface area contributed by atoms with Gasteiger partial charge in [-0.2, -0.15) is 0 Å². The van der Waals surface area contributed by atoms with Gasteiger partial charge in [-0.3, -0.25) is 0 Å². The minimum Gasteiger partial charge on any atom is -0.316 e. The normalized spacial score (nSPS) is 26.2. The third-order valence-electron chi connectivity index (χ3n) is 4.40. The lowest BCUT2D eigenvalue weighted by molar-refractivity contribution is 0.129. The SMILES string of the molecule is CCCNCC1(c2ccc(F)cc2)CC(CCC)C1. The molecule has 2 heteroatoms. The van der Waals surface area contributed by atoms with E-state index in [4.69, 9.17) is 0 Å². The molecule has 0 heterocycles. The van der Waals surface area contributed by atoms with E-state index in [1.54, 1.807) is 12.1 Å². The molecule has 1 aromatic rings. The zero-order chi connectivity index (χ0) is 13.7. The van der Waals surface area contributed by atoms with Crippen molar-refractivity contribution in [2.45, 2.75) is 51.4 Å². The first-order valence-electron chi connectivity index (χ1n) is 7.67. The van der Waals surface area contributed by atoms with Gasteiger partial charge in [0.1, 0.15) is 5.82 Å². The van der Waals surface area contributed by atoms with E-state index >= 15 is 0 Å². The summed E-state index contributed by atoms with van der Waals surface area (Å²) >= 11 is 0. The molecule has 1 saturated carbocycles. The fraction of sp³-hybridized carbons (Fsp3) is 0.647. The summed E-state index contributed by atoms with van der Waals surface area (Å²) in [5, 5.41) is 3.56. The monoisotopic (exact) mass is 263 g/mol. The number of benzene rings is 1. The molecule has 106 valence electrons. The van der Waals surface area contributed by atoms with Gasteiger partial charge in [-0.1, -0.05) is 38.8 Å². The highest BCUT2D eigenvalue weighted by molar-refractivity contribution is 5.30. The summed E-state index contributed by atoms with van der Waals surface area (Å²) in [5.74, 6) is 0.725. The Morgan fingerprint density at radius 3 is 2.42 bits per heavy atom. The van der Waals surface area contributed by atoms with Gasteiger partial charge in [0.2, 0.25) is 0 Å². The Balaban J connectivity index is 2.05. The second-order valence-electron chi connectivity index (χ2n) is 6.03. The smallest absolute Gasteiger partial charge is 0.123 e. The van der Waals surface area contributed by atoms with Crippen LogP contribution in [-0.4, -0.2) is 13.1 Å². The highest BCUT2D eigenvalue weighted by Crippen LogP contribution is 2.49. The van der Waals surface area contributed by atoms with Gasteiger partial charge >= 0.3 is 0 Å². The molecule has 0 saturated heterocycles. The molecule has 0 unspecified atom stereocenters. The number of halogens is 1. The Morgan fingerprint density at radius 2 is 1.84 bits per heavy atom. The van der Waals surface area contributed by atoms with Crippen LogP contribution in [-0.2, 0) is 5.41 Å². The topological polar surface area (TPSA) is 12.0 Å². The van der Waals surface area contributed by atoms with Crippen LogP contribution in [0.15, 0.2) is 24.3 Å². The van der Waals surface area contributed by atoms with Crippen LogP contribution in [0.4, 0.5) is 4.39 Å². The lowest BCUT2D eigenvalue weighted by Gasteiger charge is -2.49. The molecule has 1 aliphatic rings. The second-order valence-corrected chi connectivity index (χ2v) is 6.03. The van der Waals surface area contributed by atoms with Gasteiger partial charge in [0.15, 0.2) is 0 Å². The summed E-state index contributed by atoms with van der Waals surface area (Å²) in [6.45, 7) is 6.56. The van der Waals surface area contributed by atoms with E-state index in [-0.39, 0.29) is 11.2 Å². The van der Waals surface area contributed by atoms with Gasteiger partial charge < -0.3 is 5.32 Å². The highest BCUT2D eigenvalue weighted by Gasteiger charge is 2.44. The summed E-state index contributed by atoms with van der Waals surface area (Å²) in [6, 6.07) is 7.16. The van der Waals surface area contributed by atoms with Crippen molar-refractivity contribution in [2.75, 3.05) is 13.1 Å². The van der Waals surface area contributed by atoms with Gasteiger partial charge in [0.25, 0.3) is 0 Å². The highest BCUT2D eigenvalue weighted by atomic mass is 19.1. The molecule has 1 aliphatic carbocycles. The predicted octanol–water partition coefficient (Wildman–Crippen LogP) is 4.27. The molecule has 0 bridgehead atoms. The zero-order valence-electron chi connectivity index (χ0n) is 12.2. The van der Waals surface area contributed by atoms with Gasteiger partial charge in [-0.25, -0.2) is 4.39 Å². The minimum atomic E-state index is -0.134. The molecule has 1 N–H and O–H groups in total. The first-order valence-corrected chi connectivity index (χ1v) is 7.67. The van der Waals surface area contributed by atoms with E-state index in [0.717, 1.165) is 25.4 Å². The van der Waals surface area contributed by atoms with Crippen molar-refractivity contribution in [3.8, 4) is 0 Å². The van der Waals surface area contributed by atoms with Crippen molar-refractivity contribution in [3.63, 3.8) is 0 Å². The van der Waals surface area contributed by atoms with Gasteiger partial charge in [-0.15, -0.1) is 0 Å². The van der Waals surface area contributed by atoms with E-state index in [2.05, 4.69) is 19.2 Å². The van der Waals surface area contributed by atoms with E-state index in [1.807, 2.05) is 12.1 Å². The third kappa shape index (κ3) is 3.36. The van der Waals surface area contributed by atoms with Crippen molar-refractivity contribution >= 4 is 0 Å². The van der Waals surface area contributed by atoms with E-state index in [9.17, 15) is 4.39 Å². The van der Waals surface area contributed by atoms with Crippen LogP contribution in [0.3, 0.4) is 0 Å². The van der Waals surface area contributed by atoms with Crippen LogP contribution in [0.25, 0.3) is 0 Å². The lowest BCUT2D eigenvalue weighted by atomic mass is 9.57. The molecular weight excluding hydrogens is 237 g/mol. The molecule has 0 atom stereocenters. The predicted molar refractivity (Wildman–Crippen MR) is 78.9 cm³/mol. The maximum Gasteiger partial charge on any atom is 0.123 e. The summed E-state index contributed by atoms with van der Waals surface area (Å²) < 4.78 is 13.1. The van der Waals surface area contributed by atoms with Crippen LogP contribution < -0.4 is 5.32 Å².